The second kappa shape index (κ2) is 11.8. The minimum Gasteiger partial charge on any atom is -0.493 e. The van der Waals surface area contributed by atoms with Crippen molar-refractivity contribution in [1.29, 1.82) is 0 Å². The maximum Gasteiger partial charge on any atom is 0.344 e. The Hall–Kier alpha value is -3.31. The van der Waals surface area contributed by atoms with E-state index < -0.39 is 17.1 Å². The molecule has 9 nitrogen and oxygen atoms in total. The van der Waals surface area contributed by atoms with E-state index in [0.717, 1.165) is 28.6 Å². The molecule has 0 atom stereocenters. The number of hydrogen-bond acceptors (Lipinski definition) is 8. The molecule has 0 radical (unpaired) electrons. The Balaban J connectivity index is 1.45. The number of esters is 1. The highest BCUT2D eigenvalue weighted by atomic mass is 79.9. The molecule has 0 unspecified atom stereocenters. The van der Waals surface area contributed by atoms with Gasteiger partial charge in [-0.05, 0) is 75.9 Å². The van der Waals surface area contributed by atoms with E-state index in [2.05, 4.69) is 15.9 Å². The van der Waals surface area contributed by atoms with E-state index in [4.69, 9.17) is 14.2 Å². The fourth-order valence-corrected chi connectivity index (χ4v) is 5.44. The van der Waals surface area contributed by atoms with Crippen LogP contribution in [0.5, 0.6) is 11.5 Å². The highest BCUT2D eigenvalue weighted by Gasteiger charge is 2.37. The summed E-state index contributed by atoms with van der Waals surface area (Å²) in [6.07, 6.45) is 2.29. The molecule has 11 heteroatoms. The number of benzene rings is 2. The van der Waals surface area contributed by atoms with Crippen molar-refractivity contribution in [2.24, 2.45) is 0 Å². The van der Waals surface area contributed by atoms with Gasteiger partial charge >= 0.3 is 5.97 Å². The molecular formula is C26H25BrN2O7S. The first-order chi connectivity index (χ1) is 17.8. The number of carbonyl (C=O) groups is 4. The highest BCUT2D eigenvalue weighted by molar-refractivity contribution is 9.10. The Morgan fingerprint density at radius 2 is 1.92 bits per heavy atom. The maximum atomic E-state index is 13.0. The molecule has 2 aliphatic heterocycles. The van der Waals surface area contributed by atoms with E-state index in [1.54, 1.807) is 30.0 Å². The van der Waals surface area contributed by atoms with Crippen LogP contribution in [0.1, 0.15) is 23.6 Å². The smallest absolute Gasteiger partial charge is 0.344 e. The zero-order valence-corrected chi connectivity index (χ0v) is 22.7. The molecule has 0 N–H and O–H groups in total. The molecule has 4 rings (SSSR count). The first-order valence-electron chi connectivity index (χ1n) is 11.6. The Kier molecular flexibility index (Phi) is 8.55. The van der Waals surface area contributed by atoms with Gasteiger partial charge in [-0.25, -0.2) is 4.79 Å². The first kappa shape index (κ1) is 26.7. The van der Waals surface area contributed by atoms with Gasteiger partial charge in [0.05, 0.1) is 23.1 Å². The van der Waals surface area contributed by atoms with Gasteiger partial charge in [0.2, 0.25) is 5.91 Å². The summed E-state index contributed by atoms with van der Waals surface area (Å²) in [5.41, 5.74) is 2.85. The number of imide groups is 1. The molecule has 1 fully saturated rings. The number of nitrogens with zero attached hydrogens (tertiary/aromatic N) is 2. The van der Waals surface area contributed by atoms with Gasteiger partial charge in [0.25, 0.3) is 11.1 Å². The molecule has 0 aliphatic carbocycles. The Bertz CT molecular complexity index is 1280. The van der Waals surface area contributed by atoms with Gasteiger partial charge in [0.1, 0.15) is 6.54 Å². The molecule has 1 saturated heterocycles. The van der Waals surface area contributed by atoms with Crippen LogP contribution in [0.3, 0.4) is 0 Å². The predicted molar refractivity (Wildman–Crippen MR) is 141 cm³/mol. The van der Waals surface area contributed by atoms with Crippen LogP contribution >= 0.6 is 27.7 Å². The van der Waals surface area contributed by atoms with Crippen molar-refractivity contribution < 1.29 is 33.4 Å². The molecule has 0 spiro atoms. The van der Waals surface area contributed by atoms with Crippen molar-refractivity contribution in [2.45, 2.75) is 19.9 Å². The molecule has 194 valence electrons. The Morgan fingerprint density at radius 3 is 2.65 bits per heavy atom. The molecule has 0 aromatic heterocycles. The lowest BCUT2D eigenvalue weighted by molar-refractivity contribution is -0.145. The average Bonchev–Trinajstić information content (AvgIpc) is 3.14. The number of halogens is 1. The lowest BCUT2D eigenvalue weighted by atomic mass is 10.00. The van der Waals surface area contributed by atoms with Crippen molar-refractivity contribution in [3.05, 3.63) is 62.5 Å². The summed E-state index contributed by atoms with van der Waals surface area (Å²) < 4.78 is 16.3. The van der Waals surface area contributed by atoms with Gasteiger partial charge in [-0.1, -0.05) is 24.3 Å². The molecule has 0 bridgehead atoms. The number of hydrogen-bond donors (Lipinski definition) is 0. The Labute approximate surface area is 226 Å². The van der Waals surface area contributed by atoms with E-state index >= 15 is 0 Å². The van der Waals surface area contributed by atoms with Crippen LogP contribution < -0.4 is 9.47 Å². The van der Waals surface area contributed by atoms with Crippen LogP contribution in [0.25, 0.3) is 6.08 Å². The van der Waals surface area contributed by atoms with Gasteiger partial charge in [0.15, 0.2) is 18.1 Å². The zero-order valence-electron chi connectivity index (χ0n) is 20.3. The number of ether oxygens (including phenoxy) is 3. The molecule has 2 aromatic rings. The normalized spacial score (nSPS) is 16.1. The molecular weight excluding hydrogens is 564 g/mol. The fraction of sp³-hybridized carbons (Fsp3) is 0.308. The van der Waals surface area contributed by atoms with Crippen molar-refractivity contribution in [3.8, 4) is 11.5 Å². The molecule has 2 heterocycles. The number of fused-ring (bicyclic) bond motifs is 1. The minimum absolute atomic E-state index is 0.191. The first-order valence-corrected chi connectivity index (χ1v) is 13.2. The van der Waals surface area contributed by atoms with Gasteiger partial charge in [0, 0.05) is 13.1 Å². The molecule has 37 heavy (non-hydrogen) atoms. The van der Waals surface area contributed by atoms with Gasteiger partial charge in [-0.15, -0.1) is 0 Å². The molecule has 2 aromatic carbocycles. The van der Waals surface area contributed by atoms with Crippen molar-refractivity contribution in [2.75, 3.05) is 33.4 Å². The van der Waals surface area contributed by atoms with Crippen molar-refractivity contribution in [1.82, 2.24) is 9.80 Å². The second-order valence-electron chi connectivity index (χ2n) is 8.23. The number of rotatable bonds is 8. The standard InChI is InChI=1S/C26H25BrN2O7S/c1-3-35-23(31)15-36-24-19(27)10-16(11-20(24)34-2)12-21-25(32)29(26(33)37-21)14-22(30)28-9-8-17-6-4-5-7-18(17)13-28/h4-7,10-12H,3,8-9,13-15H2,1-2H3/b21-12-. The fourth-order valence-electron chi connectivity index (χ4n) is 4.03. The third-order valence-corrected chi connectivity index (χ3v) is 7.34. The average molecular weight is 589 g/mol. The van der Waals surface area contributed by atoms with Crippen LogP contribution in [0.15, 0.2) is 45.8 Å². The lowest BCUT2D eigenvalue weighted by Crippen LogP contribution is -2.44. The summed E-state index contributed by atoms with van der Waals surface area (Å²) in [6, 6.07) is 11.2. The Morgan fingerprint density at radius 1 is 1.16 bits per heavy atom. The summed E-state index contributed by atoms with van der Waals surface area (Å²) in [5, 5.41) is -0.498. The van der Waals surface area contributed by atoms with Gasteiger partial charge in [-0.3, -0.25) is 19.3 Å². The molecule has 0 saturated carbocycles. The number of thioether (sulfide) groups is 1. The largest absolute Gasteiger partial charge is 0.493 e. The predicted octanol–water partition coefficient (Wildman–Crippen LogP) is 4.02. The second-order valence-corrected chi connectivity index (χ2v) is 10.1. The summed E-state index contributed by atoms with van der Waals surface area (Å²) in [7, 11) is 1.45. The summed E-state index contributed by atoms with van der Waals surface area (Å²) >= 11 is 4.18. The van der Waals surface area contributed by atoms with Crippen LogP contribution in [0, 0.1) is 0 Å². The van der Waals surface area contributed by atoms with Crippen LogP contribution in [-0.4, -0.2) is 66.2 Å². The van der Waals surface area contributed by atoms with E-state index in [9.17, 15) is 19.2 Å². The van der Waals surface area contributed by atoms with Crippen LogP contribution in [-0.2, 0) is 32.1 Å². The highest BCUT2D eigenvalue weighted by Crippen LogP contribution is 2.39. The number of amides is 3. The van der Waals surface area contributed by atoms with Gasteiger partial charge in [-0.2, -0.15) is 0 Å². The SMILES string of the molecule is CCOC(=O)COc1c(Br)cc(/C=C2\SC(=O)N(CC(=O)N3CCc4ccccc4C3)C2=O)cc1OC. The van der Waals surface area contributed by atoms with Crippen molar-refractivity contribution in [3.63, 3.8) is 0 Å². The maximum absolute atomic E-state index is 13.0. The molecule has 3 amide bonds. The van der Waals surface area contributed by atoms with E-state index in [-0.39, 0.29) is 30.6 Å². The van der Waals surface area contributed by atoms with E-state index in [1.165, 1.54) is 12.7 Å². The number of carbonyl (C=O) groups excluding carboxylic acids is 4. The summed E-state index contributed by atoms with van der Waals surface area (Å²) in [6.45, 7) is 2.34. The summed E-state index contributed by atoms with van der Waals surface area (Å²) in [4.78, 5) is 53.0. The topological polar surface area (TPSA) is 102 Å². The third-order valence-electron chi connectivity index (χ3n) is 5.84. The number of methoxy groups -OCH3 is 1. The van der Waals surface area contributed by atoms with Crippen LogP contribution in [0.2, 0.25) is 0 Å². The van der Waals surface area contributed by atoms with E-state index in [1.807, 2.05) is 24.3 Å². The lowest BCUT2D eigenvalue weighted by Gasteiger charge is -2.29. The third kappa shape index (κ3) is 6.16. The monoisotopic (exact) mass is 588 g/mol. The van der Waals surface area contributed by atoms with Gasteiger partial charge < -0.3 is 19.1 Å². The molecule has 2 aliphatic rings. The summed E-state index contributed by atoms with van der Waals surface area (Å²) in [5.74, 6) is -0.694. The minimum atomic E-state index is -0.529. The van der Waals surface area contributed by atoms with E-state index in [0.29, 0.717) is 34.6 Å². The van der Waals surface area contributed by atoms with Crippen molar-refractivity contribution >= 4 is 56.8 Å². The zero-order chi connectivity index (χ0) is 26.5. The van der Waals surface area contributed by atoms with Crippen LogP contribution in [0.4, 0.5) is 4.79 Å². The quantitative estimate of drug-likeness (QED) is 0.336.